The van der Waals surface area contributed by atoms with Crippen molar-refractivity contribution in [2.24, 2.45) is 0 Å². The first-order valence-corrected chi connectivity index (χ1v) is 9.32. The van der Waals surface area contributed by atoms with E-state index in [-0.39, 0.29) is 0 Å². The molecule has 1 aromatic rings. The van der Waals surface area contributed by atoms with Crippen LogP contribution in [0.25, 0.3) is 0 Å². The Kier molecular flexibility index (Phi) is 10.6. The number of anilines is 1. The number of hydrogen-bond acceptors (Lipinski definition) is 2. The van der Waals surface area contributed by atoms with Crippen LogP contribution in [0.2, 0.25) is 0 Å². The minimum Gasteiger partial charge on any atom is -0.506 e. The van der Waals surface area contributed by atoms with Gasteiger partial charge < -0.3 is 10.0 Å². The highest BCUT2D eigenvalue weighted by atomic mass is 16.3. The van der Waals surface area contributed by atoms with E-state index in [1.165, 1.54) is 64.2 Å². The van der Waals surface area contributed by atoms with Gasteiger partial charge in [0.1, 0.15) is 5.75 Å². The summed E-state index contributed by atoms with van der Waals surface area (Å²) in [5, 5.41) is 10.1. The Morgan fingerprint density at radius 1 is 0.727 bits per heavy atom. The number of hydrogen-bond donors (Lipinski definition) is 1. The summed E-state index contributed by atoms with van der Waals surface area (Å²) in [6, 6.07) is 7.78. The van der Waals surface area contributed by atoms with Gasteiger partial charge in [-0.15, -0.1) is 0 Å². The molecule has 1 N–H and O–H groups in total. The summed E-state index contributed by atoms with van der Waals surface area (Å²) in [7, 11) is 0. The lowest BCUT2D eigenvalue weighted by atomic mass is 10.1. The van der Waals surface area contributed by atoms with E-state index < -0.39 is 0 Å². The zero-order chi connectivity index (χ0) is 16.0. The third kappa shape index (κ3) is 7.72. The smallest absolute Gasteiger partial charge is 0.138 e. The molecular formula is C20H35NO. The van der Waals surface area contributed by atoms with Gasteiger partial charge in [0.2, 0.25) is 0 Å². The van der Waals surface area contributed by atoms with E-state index in [1.54, 1.807) is 6.07 Å². The summed E-state index contributed by atoms with van der Waals surface area (Å²) in [6.07, 6.45) is 13.0. The molecule has 2 heteroatoms. The normalized spacial score (nSPS) is 10.8. The topological polar surface area (TPSA) is 23.5 Å². The molecule has 0 aliphatic carbocycles. The van der Waals surface area contributed by atoms with Crippen LogP contribution in [0.15, 0.2) is 24.3 Å². The van der Waals surface area contributed by atoms with Crippen molar-refractivity contribution in [2.45, 2.75) is 78.1 Å². The van der Waals surface area contributed by atoms with Crippen LogP contribution >= 0.6 is 0 Å². The lowest BCUT2D eigenvalue weighted by Crippen LogP contribution is -2.25. The van der Waals surface area contributed by atoms with Crippen molar-refractivity contribution >= 4 is 5.69 Å². The Bertz CT molecular complexity index is 364. The molecule has 0 spiro atoms. The zero-order valence-corrected chi connectivity index (χ0v) is 14.7. The van der Waals surface area contributed by atoms with E-state index >= 15 is 0 Å². The van der Waals surface area contributed by atoms with Gasteiger partial charge in [0, 0.05) is 13.1 Å². The van der Waals surface area contributed by atoms with Crippen LogP contribution in [-0.4, -0.2) is 18.2 Å². The molecule has 0 aliphatic rings. The third-order valence-corrected chi connectivity index (χ3v) is 4.29. The molecule has 0 radical (unpaired) electrons. The van der Waals surface area contributed by atoms with Crippen molar-refractivity contribution in [3.05, 3.63) is 24.3 Å². The van der Waals surface area contributed by atoms with Gasteiger partial charge in [-0.05, 0) is 25.0 Å². The van der Waals surface area contributed by atoms with E-state index in [0.29, 0.717) is 5.75 Å². The Hall–Kier alpha value is -1.18. The van der Waals surface area contributed by atoms with Crippen LogP contribution in [0, 0.1) is 0 Å². The fourth-order valence-corrected chi connectivity index (χ4v) is 2.90. The minimum atomic E-state index is 0.421. The number of aromatic hydroxyl groups is 1. The number of para-hydroxylation sites is 2. The van der Waals surface area contributed by atoms with Crippen molar-refractivity contribution in [2.75, 3.05) is 18.0 Å². The molecular weight excluding hydrogens is 270 g/mol. The lowest BCUT2D eigenvalue weighted by molar-refractivity contribution is 0.472. The number of phenolic OH excluding ortho intramolecular Hbond substituents is 1. The minimum absolute atomic E-state index is 0.421. The first-order chi connectivity index (χ1) is 10.8. The van der Waals surface area contributed by atoms with E-state index in [9.17, 15) is 5.11 Å². The zero-order valence-electron chi connectivity index (χ0n) is 14.7. The molecule has 0 fully saturated rings. The maximum atomic E-state index is 10.1. The highest BCUT2D eigenvalue weighted by Crippen LogP contribution is 2.27. The van der Waals surface area contributed by atoms with Crippen LogP contribution < -0.4 is 4.90 Å². The largest absolute Gasteiger partial charge is 0.506 e. The summed E-state index contributed by atoms with van der Waals surface area (Å²) in [5.41, 5.74) is 1.01. The molecule has 0 saturated carbocycles. The molecule has 0 aromatic heterocycles. The Morgan fingerprint density at radius 3 is 1.73 bits per heavy atom. The molecule has 0 unspecified atom stereocenters. The van der Waals surface area contributed by atoms with Crippen molar-refractivity contribution in [1.82, 2.24) is 0 Å². The maximum absolute atomic E-state index is 10.1. The van der Waals surface area contributed by atoms with Gasteiger partial charge >= 0.3 is 0 Å². The predicted molar refractivity (Wildman–Crippen MR) is 97.8 cm³/mol. The highest BCUT2D eigenvalue weighted by Gasteiger charge is 2.09. The molecule has 0 bridgehead atoms. The van der Waals surface area contributed by atoms with Crippen LogP contribution in [0.4, 0.5) is 5.69 Å². The number of rotatable bonds is 13. The standard InChI is InChI=1S/C20H35NO/c1-3-5-7-9-13-17-21(18-14-10-8-6-4-2)19-15-11-12-16-20(19)22/h11-12,15-16,22H,3-10,13-14,17-18H2,1-2H3. The summed E-state index contributed by atoms with van der Waals surface area (Å²) >= 11 is 0. The van der Waals surface area contributed by atoms with E-state index in [2.05, 4.69) is 18.7 Å². The lowest BCUT2D eigenvalue weighted by Gasteiger charge is -2.25. The average Bonchev–Trinajstić information content (AvgIpc) is 2.53. The first-order valence-electron chi connectivity index (χ1n) is 9.32. The molecule has 2 nitrogen and oxygen atoms in total. The molecule has 1 rings (SSSR count). The van der Waals surface area contributed by atoms with E-state index in [4.69, 9.17) is 0 Å². The van der Waals surface area contributed by atoms with Crippen molar-refractivity contribution in [1.29, 1.82) is 0 Å². The molecule has 0 saturated heterocycles. The van der Waals surface area contributed by atoms with E-state index in [1.807, 2.05) is 18.2 Å². The van der Waals surface area contributed by atoms with Gasteiger partial charge in [-0.1, -0.05) is 77.3 Å². The molecule has 0 heterocycles. The van der Waals surface area contributed by atoms with E-state index in [0.717, 1.165) is 18.8 Å². The Balaban J connectivity index is 2.44. The van der Waals surface area contributed by atoms with Crippen molar-refractivity contribution in [3.63, 3.8) is 0 Å². The van der Waals surface area contributed by atoms with Gasteiger partial charge in [0.15, 0.2) is 0 Å². The predicted octanol–water partition coefficient (Wildman–Crippen LogP) is 6.14. The summed E-state index contributed by atoms with van der Waals surface area (Å²) in [5.74, 6) is 0.421. The molecule has 0 aliphatic heterocycles. The fraction of sp³-hybridized carbons (Fsp3) is 0.700. The SMILES string of the molecule is CCCCCCCN(CCCCCCC)c1ccccc1O. The number of benzene rings is 1. The monoisotopic (exact) mass is 305 g/mol. The van der Waals surface area contributed by atoms with Crippen LogP contribution in [0.3, 0.4) is 0 Å². The quantitative estimate of drug-likeness (QED) is 0.442. The van der Waals surface area contributed by atoms with Gasteiger partial charge in [0.25, 0.3) is 0 Å². The van der Waals surface area contributed by atoms with Crippen LogP contribution in [0.1, 0.15) is 78.1 Å². The second kappa shape index (κ2) is 12.4. The van der Waals surface area contributed by atoms with Gasteiger partial charge in [0.05, 0.1) is 5.69 Å². The number of nitrogens with zero attached hydrogens (tertiary/aromatic N) is 1. The molecule has 1 aromatic carbocycles. The fourth-order valence-electron chi connectivity index (χ4n) is 2.90. The number of phenols is 1. The highest BCUT2D eigenvalue weighted by molar-refractivity contribution is 5.57. The Labute approximate surface area is 137 Å². The van der Waals surface area contributed by atoms with Crippen LogP contribution in [-0.2, 0) is 0 Å². The summed E-state index contributed by atoms with van der Waals surface area (Å²) in [6.45, 7) is 6.64. The third-order valence-electron chi connectivity index (χ3n) is 4.29. The molecule has 22 heavy (non-hydrogen) atoms. The average molecular weight is 306 g/mol. The molecule has 0 amide bonds. The molecule has 126 valence electrons. The van der Waals surface area contributed by atoms with Crippen LogP contribution in [0.5, 0.6) is 5.75 Å². The number of unbranched alkanes of at least 4 members (excludes halogenated alkanes) is 8. The van der Waals surface area contributed by atoms with Gasteiger partial charge in [-0.3, -0.25) is 0 Å². The maximum Gasteiger partial charge on any atom is 0.138 e. The Morgan fingerprint density at radius 2 is 1.23 bits per heavy atom. The van der Waals surface area contributed by atoms with Crippen molar-refractivity contribution in [3.8, 4) is 5.75 Å². The summed E-state index contributed by atoms with van der Waals surface area (Å²) in [4.78, 5) is 2.38. The van der Waals surface area contributed by atoms with Gasteiger partial charge in [-0.2, -0.15) is 0 Å². The molecule has 0 atom stereocenters. The van der Waals surface area contributed by atoms with Crippen molar-refractivity contribution < 1.29 is 5.11 Å². The second-order valence-corrected chi connectivity index (χ2v) is 6.30. The van der Waals surface area contributed by atoms with Gasteiger partial charge in [-0.25, -0.2) is 0 Å². The first kappa shape index (κ1) is 18.9. The second-order valence-electron chi connectivity index (χ2n) is 6.30. The summed E-state index contributed by atoms with van der Waals surface area (Å²) < 4.78 is 0.